The van der Waals surface area contributed by atoms with E-state index in [4.69, 9.17) is 10.5 Å². The standard InChI is InChI=1S/C20H24N2O4S.ClH/c1-26-20(23)18-10-6-5-9-16(18)14-27(24,25)22-12-17(11-21)19(13-22)15-7-3-2-4-8-15;/h2-10,17,19H,11-14,21H2,1H3;1H/t17-,19+;/m1./s1. The zero-order valence-corrected chi connectivity index (χ0v) is 17.3. The van der Waals surface area contributed by atoms with Gasteiger partial charge in [0, 0.05) is 19.0 Å². The van der Waals surface area contributed by atoms with Gasteiger partial charge in [-0.1, -0.05) is 48.5 Å². The average Bonchev–Trinajstić information content (AvgIpc) is 3.14. The van der Waals surface area contributed by atoms with Crippen molar-refractivity contribution in [2.75, 3.05) is 26.7 Å². The molecule has 2 aromatic rings. The third-order valence-corrected chi connectivity index (χ3v) is 6.85. The highest BCUT2D eigenvalue weighted by Gasteiger charge is 2.38. The Morgan fingerprint density at radius 2 is 1.75 bits per heavy atom. The van der Waals surface area contributed by atoms with E-state index in [0.717, 1.165) is 5.56 Å². The van der Waals surface area contributed by atoms with Crippen molar-refractivity contribution in [2.24, 2.45) is 11.7 Å². The summed E-state index contributed by atoms with van der Waals surface area (Å²) in [5, 5.41) is 0. The number of esters is 1. The first-order chi connectivity index (χ1) is 13.0. The molecule has 0 aliphatic carbocycles. The molecule has 3 rings (SSSR count). The molecule has 2 N–H and O–H groups in total. The molecule has 1 aliphatic rings. The Kier molecular flexibility index (Phi) is 7.60. The summed E-state index contributed by atoms with van der Waals surface area (Å²) in [6, 6.07) is 16.5. The van der Waals surface area contributed by atoms with Crippen LogP contribution in [0.15, 0.2) is 54.6 Å². The minimum atomic E-state index is -3.59. The van der Waals surface area contributed by atoms with Crippen LogP contribution in [0.4, 0.5) is 0 Å². The molecule has 1 fully saturated rings. The van der Waals surface area contributed by atoms with Crippen LogP contribution in [0.25, 0.3) is 0 Å². The number of ether oxygens (including phenoxy) is 1. The zero-order chi connectivity index (χ0) is 19.4. The minimum absolute atomic E-state index is 0. The second-order valence-corrected chi connectivity index (χ2v) is 8.70. The molecule has 0 spiro atoms. The van der Waals surface area contributed by atoms with Gasteiger partial charge in [-0.2, -0.15) is 0 Å². The second-order valence-electron chi connectivity index (χ2n) is 6.73. The molecule has 0 unspecified atom stereocenters. The smallest absolute Gasteiger partial charge is 0.338 e. The predicted molar refractivity (Wildman–Crippen MR) is 111 cm³/mol. The Labute approximate surface area is 172 Å². The van der Waals surface area contributed by atoms with E-state index in [9.17, 15) is 13.2 Å². The SMILES string of the molecule is COC(=O)c1ccccc1CS(=O)(=O)N1C[C@@H](CN)[C@H](c2ccccc2)C1.Cl. The van der Waals surface area contributed by atoms with Gasteiger partial charge in [0.15, 0.2) is 0 Å². The van der Waals surface area contributed by atoms with Crippen LogP contribution in [0.2, 0.25) is 0 Å². The van der Waals surface area contributed by atoms with Gasteiger partial charge in [0.1, 0.15) is 0 Å². The quantitative estimate of drug-likeness (QED) is 0.719. The molecule has 0 radical (unpaired) electrons. The van der Waals surface area contributed by atoms with E-state index in [2.05, 4.69) is 0 Å². The van der Waals surface area contributed by atoms with Crippen molar-refractivity contribution in [2.45, 2.75) is 11.7 Å². The third kappa shape index (κ3) is 4.72. The summed E-state index contributed by atoms with van der Waals surface area (Å²) in [6.07, 6.45) is 0. The molecule has 1 heterocycles. The number of benzene rings is 2. The average molecular weight is 425 g/mol. The van der Waals surface area contributed by atoms with Gasteiger partial charge in [0.25, 0.3) is 0 Å². The molecular formula is C20H25ClN2O4S. The topological polar surface area (TPSA) is 89.7 Å². The highest BCUT2D eigenvalue weighted by atomic mass is 35.5. The summed E-state index contributed by atoms with van der Waals surface area (Å²) in [6.45, 7) is 1.21. The lowest BCUT2D eigenvalue weighted by Crippen LogP contribution is -2.31. The molecule has 0 saturated carbocycles. The fourth-order valence-electron chi connectivity index (χ4n) is 3.62. The number of nitrogens with zero attached hydrogens (tertiary/aromatic N) is 1. The fraction of sp³-hybridized carbons (Fsp3) is 0.350. The van der Waals surface area contributed by atoms with Gasteiger partial charge in [-0.25, -0.2) is 17.5 Å². The van der Waals surface area contributed by atoms with Gasteiger partial charge in [0.2, 0.25) is 10.0 Å². The molecule has 1 saturated heterocycles. The first-order valence-electron chi connectivity index (χ1n) is 8.85. The number of hydrogen-bond donors (Lipinski definition) is 1. The molecule has 152 valence electrons. The van der Waals surface area contributed by atoms with Crippen molar-refractivity contribution in [3.05, 3.63) is 71.3 Å². The molecule has 2 aromatic carbocycles. The Morgan fingerprint density at radius 3 is 2.39 bits per heavy atom. The Hall–Kier alpha value is -1.93. The van der Waals surface area contributed by atoms with E-state index in [0.29, 0.717) is 25.2 Å². The molecule has 0 aromatic heterocycles. The van der Waals surface area contributed by atoms with E-state index in [1.54, 1.807) is 24.3 Å². The van der Waals surface area contributed by atoms with E-state index in [-0.39, 0.29) is 35.6 Å². The molecular weight excluding hydrogens is 400 g/mol. The Morgan fingerprint density at radius 1 is 1.11 bits per heavy atom. The van der Waals surface area contributed by atoms with Crippen LogP contribution in [-0.4, -0.2) is 45.4 Å². The molecule has 8 heteroatoms. The van der Waals surface area contributed by atoms with Crippen LogP contribution in [0.1, 0.15) is 27.4 Å². The number of hydrogen-bond acceptors (Lipinski definition) is 5. The van der Waals surface area contributed by atoms with Crippen LogP contribution in [0.3, 0.4) is 0 Å². The lowest BCUT2D eigenvalue weighted by atomic mass is 9.89. The molecule has 28 heavy (non-hydrogen) atoms. The molecule has 1 aliphatic heterocycles. The van der Waals surface area contributed by atoms with E-state index >= 15 is 0 Å². The normalized spacial score (nSPS) is 19.8. The van der Waals surface area contributed by atoms with Crippen molar-refractivity contribution in [1.82, 2.24) is 4.31 Å². The fourth-order valence-corrected chi connectivity index (χ4v) is 5.25. The summed E-state index contributed by atoms with van der Waals surface area (Å²) in [4.78, 5) is 11.9. The molecule has 2 atom stereocenters. The Bertz CT molecular complexity index is 905. The van der Waals surface area contributed by atoms with Gasteiger partial charge in [-0.15, -0.1) is 12.4 Å². The van der Waals surface area contributed by atoms with E-state index < -0.39 is 16.0 Å². The van der Waals surface area contributed by atoms with Gasteiger partial charge < -0.3 is 10.5 Å². The molecule has 0 amide bonds. The first-order valence-corrected chi connectivity index (χ1v) is 10.5. The summed E-state index contributed by atoms with van der Waals surface area (Å²) < 4.78 is 32.3. The van der Waals surface area contributed by atoms with E-state index in [1.807, 2.05) is 30.3 Å². The third-order valence-electron chi connectivity index (χ3n) is 5.09. The highest BCUT2D eigenvalue weighted by molar-refractivity contribution is 7.88. The largest absolute Gasteiger partial charge is 0.465 e. The zero-order valence-electron chi connectivity index (χ0n) is 15.7. The first kappa shape index (κ1) is 22.4. The number of carbonyl (C=O) groups is 1. The van der Waals surface area contributed by atoms with Crippen molar-refractivity contribution in [1.29, 1.82) is 0 Å². The van der Waals surface area contributed by atoms with Gasteiger partial charge in [0.05, 0.1) is 18.4 Å². The highest BCUT2D eigenvalue weighted by Crippen LogP contribution is 2.34. The van der Waals surface area contributed by atoms with E-state index in [1.165, 1.54) is 11.4 Å². The summed E-state index contributed by atoms with van der Waals surface area (Å²) in [5.74, 6) is -0.638. The van der Waals surface area contributed by atoms with Crippen molar-refractivity contribution >= 4 is 28.4 Å². The number of sulfonamides is 1. The van der Waals surface area contributed by atoms with Crippen molar-refractivity contribution in [3.63, 3.8) is 0 Å². The summed E-state index contributed by atoms with van der Waals surface area (Å²) in [7, 11) is -2.31. The number of rotatable bonds is 6. The van der Waals surface area contributed by atoms with Crippen LogP contribution in [0, 0.1) is 5.92 Å². The predicted octanol–water partition coefficient (Wildman–Crippen LogP) is 2.40. The van der Waals surface area contributed by atoms with Crippen molar-refractivity contribution < 1.29 is 17.9 Å². The second kappa shape index (κ2) is 9.52. The lowest BCUT2D eigenvalue weighted by Gasteiger charge is -2.18. The molecule has 6 nitrogen and oxygen atoms in total. The summed E-state index contributed by atoms with van der Waals surface area (Å²) >= 11 is 0. The van der Waals surface area contributed by atoms with Crippen molar-refractivity contribution in [3.8, 4) is 0 Å². The minimum Gasteiger partial charge on any atom is -0.465 e. The monoisotopic (exact) mass is 424 g/mol. The van der Waals surface area contributed by atoms with Crippen LogP contribution in [-0.2, 0) is 20.5 Å². The van der Waals surface area contributed by atoms with Crippen LogP contribution >= 0.6 is 12.4 Å². The molecule has 0 bridgehead atoms. The summed E-state index contributed by atoms with van der Waals surface area (Å²) in [5.41, 5.74) is 7.73. The van der Waals surface area contributed by atoms with Gasteiger partial charge >= 0.3 is 5.97 Å². The maximum Gasteiger partial charge on any atom is 0.338 e. The van der Waals surface area contributed by atoms with Crippen LogP contribution in [0.5, 0.6) is 0 Å². The number of carbonyl (C=O) groups excluding carboxylic acids is 1. The van der Waals surface area contributed by atoms with Crippen LogP contribution < -0.4 is 5.73 Å². The van der Waals surface area contributed by atoms with Gasteiger partial charge in [-0.05, 0) is 29.7 Å². The number of methoxy groups -OCH3 is 1. The number of nitrogens with two attached hydrogens (primary N) is 1. The lowest BCUT2D eigenvalue weighted by molar-refractivity contribution is 0.0600. The Balaban J connectivity index is 0.00000280. The number of halogens is 1. The maximum atomic E-state index is 13.0. The maximum absolute atomic E-state index is 13.0. The van der Waals surface area contributed by atoms with Gasteiger partial charge in [-0.3, -0.25) is 0 Å².